The summed E-state index contributed by atoms with van der Waals surface area (Å²) in [6, 6.07) is 3.80. The molecule has 22 heavy (non-hydrogen) atoms. The zero-order valence-corrected chi connectivity index (χ0v) is 13.5. The summed E-state index contributed by atoms with van der Waals surface area (Å²) in [5.41, 5.74) is 3.49. The standard InChI is InChI=1S/C16H19NO4S/c1-16-8-7-10-11(13(16)4-6-15(16)20-2)3-5-14-12(10)9-17-22(18,19)21-14/h3,5,9,13,15H,4,6-8H2,1-2H3/t13-,15-,16-/m0/s1. The predicted octanol–water partition coefficient (Wildman–Crippen LogP) is 2.59. The van der Waals surface area contributed by atoms with Crippen LogP contribution in [0.15, 0.2) is 16.5 Å². The monoisotopic (exact) mass is 321 g/mol. The smallest absolute Gasteiger partial charge is 0.381 e. The highest BCUT2D eigenvalue weighted by Gasteiger charge is 2.50. The summed E-state index contributed by atoms with van der Waals surface area (Å²) in [5, 5.41) is 0. The molecule has 0 spiro atoms. The minimum Gasteiger partial charge on any atom is -0.381 e. The second-order valence-corrected chi connectivity index (χ2v) is 7.88. The molecule has 0 N–H and O–H groups in total. The van der Waals surface area contributed by atoms with Crippen molar-refractivity contribution in [2.24, 2.45) is 9.81 Å². The lowest BCUT2D eigenvalue weighted by molar-refractivity contribution is 0.00574. The van der Waals surface area contributed by atoms with Gasteiger partial charge in [0.15, 0.2) is 5.75 Å². The lowest BCUT2D eigenvalue weighted by Gasteiger charge is -2.41. The second kappa shape index (κ2) is 4.55. The first kappa shape index (κ1) is 14.2. The zero-order valence-electron chi connectivity index (χ0n) is 12.7. The fourth-order valence-corrected chi connectivity index (χ4v) is 5.21. The van der Waals surface area contributed by atoms with Crippen LogP contribution in [-0.2, 0) is 21.5 Å². The molecule has 1 aliphatic heterocycles. The van der Waals surface area contributed by atoms with Crippen LogP contribution >= 0.6 is 0 Å². The van der Waals surface area contributed by atoms with E-state index in [2.05, 4.69) is 11.3 Å². The van der Waals surface area contributed by atoms with Gasteiger partial charge >= 0.3 is 10.3 Å². The van der Waals surface area contributed by atoms with Gasteiger partial charge in [0.25, 0.3) is 0 Å². The Morgan fingerprint density at radius 3 is 2.95 bits per heavy atom. The quantitative estimate of drug-likeness (QED) is 0.797. The minimum absolute atomic E-state index is 0.161. The molecule has 1 saturated carbocycles. The molecule has 118 valence electrons. The first-order chi connectivity index (χ1) is 10.4. The third kappa shape index (κ3) is 1.86. The van der Waals surface area contributed by atoms with Gasteiger partial charge in [0.05, 0.1) is 12.3 Å². The Balaban J connectivity index is 1.83. The lowest BCUT2D eigenvalue weighted by Crippen LogP contribution is -2.36. The number of benzene rings is 1. The van der Waals surface area contributed by atoms with Gasteiger partial charge < -0.3 is 8.92 Å². The van der Waals surface area contributed by atoms with Crippen LogP contribution in [-0.4, -0.2) is 27.8 Å². The molecule has 0 aromatic heterocycles. The molecule has 0 amide bonds. The highest BCUT2D eigenvalue weighted by molar-refractivity contribution is 7.86. The third-order valence-electron chi connectivity index (χ3n) is 5.68. The summed E-state index contributed by atoms with van der Waals surface area (Å²) in [7, 11) is -2.02. The molecule has 5 nitrogen and oxygen atoms in total. The molecule has 2 aliphatic carbocycles. The van der Waals surface area contributed by atoms with Crippen LogP contribution in [0.25, 0.3) is 0 Å². The summed E-state index contributed by atoms with van der Waals surface area (Å²) < 4.78 is 37.2. The van der Waals surface area contributed by atoms with E-state index in [0.717, 1.165) is 31.2 Å². The highest BCUT2D eigenvalue weighted by Crippen LogP contribution is 2.57. The van der Waals surface area contributed by atoms with Crippen LogP contribution in [0.2, 0.25) is 0 Å². The van der Waals surface area contributed by atoms with Gasteiger partial charge in [0.1, 0.15) is 0 Å². The van der Waals surface area contributed by atoms with Gasteiger partial charge in [-0.05, 0) is 48.8 Å². The molecule has 1 aromatic rings. The van der Waals surface area contributed by atoms with E-state index in [0.29, 0.717) is 17.8 Å². The highest BCUT2D eigenvalue weighted by atomic mass is 32.2. The molecule has 1 fully saturated rings. The van der Waals surface area contributed by atoms with E-state index in [-0.39, 0.29) is 5.41 Å². The van der Waals surface area contributed by atoms with Crippen LogP contribution in [0.4, 0.5) is 0 Å². The zero-order chi connectivity index (χ0) is 15.5. The maximum Gasteiger partial charge on any atom is 0.428 e. The van der Waals surface area contributed by atoms with Crippen molar-refractivity contribution in [3.05, 3.63) is 28.8 Å². The fraction of sp³-hybridized carbons (Fsp3) is 0.562. The molecule has 4 rings (SSSR count). The molecular formula is C16H19NO4S. The van der Waals surface area contributed by atoms with Crippen molar-refractivity contribution in [1.29, 1.82) is 0 Å². The van der Waals surface area contributed by atoms with Crippen LogP contribution in [0.5, 0.6) is 5.75 Å². The Hall–Kier alpha value is -1.40. The maximum atomic E-state index is 11.5. The van der Waals surface area contributed by atoms with E-state index in [9.17, 15) is 8.42 Å². The minimum atomic E-state index is -3.82. The first-order valence-electron chi connectivity index (χ1n) is 7.63. The SMILES string of the molecule is CO[C@H]1CC[C@H]2c3ccc4c(c3CC[C@]12C)C=NS(=O)(=O)O4. The molecular weight excluding hydrogens is 302 g/mol. The Kier molecular flexibility index (Phi) is 2.94. The van der Waals surface area contributed by atoms with Crippen molar-refractivity contribution in [3.8, 4) is 5.75 Å². The number of hydrogen-bond donors (Lipinski definition) is 0. The first-order valence-corrected chi connectivity index (χ1v) is 8.99. The topological polar surface area (TPSA) is 65.0 Å². The van der Waals surface area contributed by atoms with Gasteiger partial charge in [-0.2, -0.15) is 8.42 Å². The summed E-state index contributed by atoms with van der Waals surface area (Å²) >= 11 is 0. The Morgan fingerprint density at radius 1 is 1.36 bits per heavy atom. The van der Waals surface area contributed by atoms with Crippen molar-refractivity contribution in [2.75, 3.05) is 7.11 Å². The summed E-state index contributed by atoms with van der Waals surface area (Å²) in [6.45, 7) is 2.32. The van der Waals surface area contributed by atoms with Gasteiger partial charge in [-0.3, -0.25) is 0 Å². The molecule has 3 atom stereocenters. The van der Waals surface area contributed by atoms with Gasteiger partial charge in [-0.15, -0.1) is 4.40 Å². The summed E-state index contributed by atoms with van der Waals surface area (Å²) in [6.07, 6.45) is 5.87. The Morgan fingerprint density at radius 2 is 2.18 bits per heavy atom. The van der Waals surface area contributed by atoms with Gasteiger partial charge in [0.2, 0.25) is 0 Å². The van der Waals surface area contributed by atoms with Crippen LogP contribution in [0.3, 0.4) is 0 Å². The average molecular weight is 321 g/mol. The number of ether oxygens (including phenoxy) is 1. The van der Waals surface area contributed by atoms with Crippen LogP contribution < -0.4 is 4.18 Å². The second-order valence-electron chi connectivity index (χ2n) is 6.65. The number of nitrogens with zero attached hydrogens (tertiary/aromatic N) is 1. The Bertz CT molecular complexity index is 771. The van der Waals surface area contributed by atoms with Crippen molar-refractivity contribution in [2.45, 2.75) is 44.6 Å². The fourth-order valence-electron chi connectivity index (χ4n) is 4.56. The third-order valence-corrected chi connectivity index (χ3v) is 6.44. The molecule has 3 aliphatic rings. The van der Waals surface area contributed by atoms with Crippen molar-refractivity contribution >= 4 is 16.5 Å². The Labute approximate surface area is 130 Å². The van der Waals surface area contributed by atoms with Gasteiger partial charge in [0, 0.05) is 18.1 Å². The molecule has 6 heteroatoms. The van der Waals surface area contributed by atoms with Crippen LogP contribution in [0.1, 0.15) is 48.8 Å². The maximum absolute atomic E-state index is 11.5. The van der Waals surface area contributed by atoms with E-state index in [1.54, 1.807) is 13.2 Å². The van der Waals surface area contributed by atoms with E-state index in [1.165, 1.54) is 17.3 Å². The molecule has 0 saturated heterocycles. The predicted molar refractivity (Wildman–Crippen MR) is 82.8 cm³/mol. The molecule has 0 bridgehead atoms. The normalized spacial score (nSPS) is 34.5. The van der Waals surface area contributed by atoms with Gasteiger partial charge in [-0.25, -0.2) is 0 Å². The number of methoxy groups -OCH3 is 1. The lowest BCUT2D eigenvalue weighted by atomic mass is 9.65. The van der Waals surface area contributed by atoms with Crippen LogP contribution in [0, 0.1) is 5.41 Å². The van der Waals surface area contributed by atoms with E-state index in [1.807, 2.05) is 6.07 Å². The largest absolute Gasteiger partial charge is 0.428 e. The van der Waals surface area contributed by atoms with E-state index >= 15 is 0 Å². The number of hydrogen-bond acceptors (Lipinski definition) is 4. The summed E-state index contributed by atoms with van der Waals surface area (Å²) in [4.78, 5) is 0. The van der Waals surface area contributed by atoms with Crippen molar-refractivity contribution in [1.82, 2.24) is 0 Å². The molecule has 1 heterocycles. The van der Waals surface area contributed by atoms with Crippen molar-refractivity contribution < 1.29 is 17.3 Å². The number of fused-ring (bicyclic) bond motifs is 5. The molecule has 0 radical (unpaired) electrons. The summed E-state index contributed by atoms with van der Waals surface area (Å²) in [5.74, 6) is 0.858. The molecule has 1 aromatic carbocycles. The van der Waals surface area contributed by atoms with Gasteiger partial charge in [-0.1, -0.05) is 13.0 Å². The van der Waals surface area contributed by atoms with Crippen molar-refractivity contribution in [3.63, 3.8) is 0 Å². The number of rotatable bonds is 1. The van der Waals surface area contributed by atoms with E-state index in [4.69, 9.17) is 8.92 Å². The van der Waals surface area contributed by atoms with E-state index < -0.39 is 10.3 Å². The molecule has 0 unspecified atom stereocenters. The average Bonchev–Trinajstić information content (AvgIpc) is 2.82.